The van der Waals surface area contributed by atoms with Gasteiger partial charge in [0, 0.05) is 18.4 Å². The van der Waals surface area contributed by atoms with Crippen LogP contribution in [0.4, 0.5) is 11.6 Å². The number of fused-ring (bicyclic) bond motifs is 2. The number of amides is 1. The van der Waals surface area contributed by atoms with Gasteiger partial charge in [-0.05, 0) is 65.0 Å². The molecule has 0 fully saturated rings. The summed E-state index contributed by atoms with van der Waals surface area (Å²) in [5.74, 6) is 0.232. The summed E-state index contributed by atoms with van der Waals surface area (Å²) in [6, 6.07) is 18.1. The predicted molar refractivity (Wildman–Crippen MR) is 117 cm³/mol. The Morgan fingerprint density at radius 3 is 2.80 bits per heavy atom. The highest BCUT2D eigenvalue weighted by Crippen LogP contribution is 2.22. The molecule has 0 saturated heterocycles. The Balaban J connectivity index is 1.26. The maximum atomic E-state index is 12.5. The van der Waals surface area contributed by atoms with Gasteiger partial charge in [0.1, 0.15) is 0 Å². The van der Waals surface area contributed by atoms with Gasteiger partial charge in [0.05, 0.1) is 6.42 Å². The number of hydrogen-bond acceptors (Lipinski definition) is 5. The zero-order chi connectivity index (χ0) is 20.5. The van der Waals surface area contributed by atoms with Crippen LogP contribution in [0.15, 0.2) is 60.8 Å². The monoisotopic (exact) mass is 398 g/mol. The maximum Gasteiger partial charge on any atom is 0.240 e. The number of carbonyl (C=O) groups excluding carboxylic acids is 1. The third kappa shape index (κ3) is 3.75. The van der Waals surface area contributed by atoms with Crippen molar-refractivity contribution in [3.8, 4) is 11.1 Å². The van der Waals surface area contributed by atoms with Crippen molar-refractivity contribution < 1.29 is 4.79 Å². The zero-order valence-corrected chi connectivity index (χ0v) is 16.4. The largest absolute Gasteiger partial charge is 0.366 e. The van der Waals surface area contributed by atoms with E-state index >= 15 is 0 Å². The first-order chi connectivity index (χ1) is 14.6. The first kappa shape index (κ1) is 18.3. The number of rotatable bonds is 4. The third-order valence-corrected chi connectivity index (χ3v) is 5.38. The smallest absolute Gasteiger partial charge is 0.240 e. The van der Waals surface area contributed by atoms with Crippen LogP contribution in [-0.4, -0.2) is 27.0 Å². The lowest BCUT2D eigenvalue weighted by Gasteiger charge is -2.18. The summed E-state index contributed by atoms with van der Waals surface area (Å²) in [4.78, 5) is 16.7. The average molecular weight is 398 g/mol. The lowest BCUT2D eigenvalue weighted by atomic mass is 10.0. The Labute approximate surface area is 173 Å². The summed E-state index contributed by atoms with van der Waals surface area (Å²) in [6.07, 6.45) is 3.20. The highest BCUT2D eigenvalue weighted by atomic mass is 16.1. The molecule has 0 aliphatic carbocycles. The van der Waals surface area contributed by atoms with Crippen LogP contribution in [0.25, 0.3) is 16.8 Å². The fourth-order valence-electron chi connectivity index (χ4n) is 3.84. The van der Waals surface area contributed by atoms with Gasteiger partial charge in [-0.25, -0.2) is 4.52 Å². The molecule has 150 valence electrons. The third-order valence-electron chi connectivity index (χ3n) is 5.38. The van der Waals surface area contributed by atoms with E-state index in [0.29, 0.717) is 12.1 Å². The molecule has 0 atom stereocenters. The summed E-state index contributed by atoms with van der Waals surface area (Å²) in [5, 5.41) is 10.5. The van der Waals surface area contributed by atoms with Crippen LogP contribution in [0.2, 0.25) is 0 Å². The standard InChI is InChI=1S/C23H22N6O/c24-23-27-21-13-18(8-10-29(21)28-23)16-3-1-15(2-4-16)11-22(30)26-20-6-5-17-7-9-25-14-19(17)12-20/h1-6,8,10,12-13,25H,7,9,11,14H2,(H2,24,28)(H,26,30). The van der Waals surface area contributed by atoms with Crippen molar-refractivity contribution in [3.63, 3.8) is 0 Å². The molecule has 7 nitrogen and oxygen atoms in total. The van der Waals surface area contributed by atoms with Gasteiger partial charge in [-0.2, -0.15) is 4.98 Å². The number of nitrogens with zero attached hydrogens (tertiary/aromatic N) is 3. The highest BCUT2D eigenvalue weighted by Gasteiger charge is 2.11. The molecular weight excluding hydrogens is 376 g/mol. The number of aromatic nitrogens is 3. The van der Waals surface area contributed by atoms with E-state index in [1.54, 1.807) is 4.52 Å². The molecule has 4 N–H and O–H groups in total. The summed E-state index contributed by atoms with van der Waals surface area (Å²) in [5.41, 5.74) is 12.8. The van der Waals surface area contributed by atoms with Crippen molar-refractivity contribution in [3.05, 3.63) is 77.5 Å². The van der Waals surface area contributed by atoms with Gasteiger partial charge in [0.2, 0.25) is 11.9 Å². The van der Waals surface area contributed by atoms with Crippen LogP contribution in [-0.2, 0) is 24.2 Å². The van der Waals surface area contributed by atoms with E-state index in [1.165, 1.54) is 11.1 Å². The first-order valence-corrected chi connectivity index (χ1v) is 9.98. The molecule has 0 unspecified atom stereocenters. The molecule has 3 heterocycles. The first-order valence-electron chi connectivity index (χ1n) is 9.98. The Morgan fingerprint density at radius 2 is 1.93 bits per heavy atom. The van der Waals surface area contributed by atoms with E-state index in [1.807, 2.05) is 48.7 Å². The summed E-state index contributed by atoms with van der Waals surface area (Å²) < 4.78 is 1.65. The van der Waals surface area contributed by atoms with Crippen LogP contribution < -0.4 is 16.4 Å². The van der Waals surface area contributed by atoms with E-state index < -0.39 is 0 Å². The van der Waals surface area contributed by atoms with Crippen LogP contribution in [0.1, 0.15) is 16.7 Å². The van der Waals surface area contributed by atoms with Crippen molar-refractivity contribution in [2.45, 2.75) is 19.4 Å². The molecule has 30 heavy (non-hydrogen) atoms. The maximum absolute atomic E-state index is 12.5. The van der Waals surface area contributed by atoms with Gasteiger partial charge < -0.3 is 16.4 Å². The lowest BCUT2D eigenvalue weighted by molar-refractivity contribution is -0.115. The van der Waals surface area contributed by atoms with Crippen LogP contribution in [0.3, 0.4) is 0 Å². The number of benzene rings is 2. The Morgan fingerprint density at radius 1 is 1.07 bits per heavy atom. The molecule has 1 aliphatic heterocycles. The van der Waals surface area contributed by atoms with Crippen molar-refractivity contribution in [2.24, 2.45) is 0 Å². The Kier molecular flexibility index (Phi) is 4.65. The number of nitrogen functional groups attached to an aromatic ring is 1. The summed E-state index contributed by atoms with van der Waals surface area (Å²) >= 11 is 0. The molecule has 2 aromatic carbocycles. The Hall–Kier alpha value is -3.71. The molecule has 7 heteroatoms. The zero-order valence-electron chi connectivity index (χ0n) is 16.4. The summed E-state index contributed by atoms with van der Waals surface area (Å²) in [7, 11) is 0. The van der Waals surface area contributed by atoms with E-state index in [0.717, 1.165) is 41.9 Å². The molecule has 2 aromatic heterocycles. The molecular formula is C23H22N6O. The second-order valence-corrected chi connectivity index (χ2v) is 7.52. The van der Waals surface area contributed by atoms with Gasteiger partial charge >= 0.3 is 0 Å². The molecule has 0 radical (unpaired) electrons. The highest BCUT2D eigenvalue weighted by molar-refractivity contribution is 5.92. The van der Waals surface area contributed by atoms with Crippen molar-refractivity contribution in [1.82, 2.24) is 19.9 Å². The topological polar surface area (TPSA) is 97.3 Å². The predicted octanol–water partition coefficient (Wildman–Crippen LogP) is 2.81. The molecule has 0 bridgehead atoms. The molecule has 1 aliphatic rings. The van der Waals surface area contributed by atoms with Gasteiger partial charge in [-0.3, -0.25) is 4.79 Å². The van der Waals surface area contributed by atoms with Crippen LogP contribution in [0, 0.1) is 0 Å². The number of pyridine rings is 1. The molecule has 5 rings (SSSR count). The lowest BCUT2D eigenvalue weighted by Crippen LogP contribution is -2.24. The minimum absolute atomic E-state index is 0.0215. The van der Waals surface area contributed by atoms with Crippen LogP contribution in [0.5, 0.6) is 0 Å². The second-order valence-electron chi connectivity index (χ2n) is 7.52. The molecule has 0 spiro atoms. The number of nitrogens with one attached hydrogen (secondary N) is 2. The van der Waals surface area contributed by atoms with Gasteiger partial charge in [-0.1, -0.05) is 30.3 Å². The quantitative estimate of drug-likeness (QED) is 0.491. The molecule has 1 amide bonds. The normalized spacial score (nSPS) is 13.2. The second kappa shape index (κ2) is 7.61. The number of carbonyl (C=O) groups is 1. The van der Waals surface area contributed by atoms with Gasteiger partial charge in [0.15, 0.2) is 5.65 Å². The number of hydrogen-bond donors (Lipinski definition) is 3. The minimum atomic E-state index is -0.0215. The van der Waals surface area contributed by atoms with E-state index in [-0.39, 0.29) is 11.9 Å². The Bertz CT molecular complexity index is 1230. The number of nitrogens with two attached hydrogens (primary N) is 1. The van der Waals surface area contributed by atoms with Crippen molar-refractivity contribution in [2.75, 3.05) is 17.6 Å². The summed E-state index contributed by atoms with van der Waals surface area (Å²) in [6.45, 7) is 1.86. The minimum Gasteiger partial charge on any atom is -0.366 e. The van der Waals surface area contributed by atoms with Crippen molar-refractivity contribution >= 4 is 23.2 Å². The van der Waals surface area contributed by atoms with E-state index in [2.05, 4.69) is 32.8 Å². The van der Waals surface area contributed by atoms with Crippen molar-refractivity contribution in [1.29, 1.82) is 0 Å². The van der Waals surface area contributed by atoms with Gasteiger partial charge in [-0.15, -0.1) is 5.10 Å². The van der Waals surface area contributed by atoms with E-state index in [4.69, 9.17) is 5.73 Å². The fourth-order valence-corrected chi connectivity index (χ4v) is 3.84. The fraction of sp³-hybridized carbons (Fsp3) is 0.174. The van der Waals surface area contributed by atoms with E-state index in [9.17, 15) is 4.79 Å². The van der Waals surface area contributed by atoms with Gasteiger partial charge in [0.25, 0.3) is 0 Å². The average Bonchev–Trinajstić information content (AvgIpc) is 3.13. The molecule has 4 aromatic rings. The molecule has 0 saturated carbocycles. The number of anilines is 2. The van der Waals surface area contributed by atoms with Crippen LogP contribution >= 0.6 is 0 Å². The SMILES string of the molecule is Nc1nc2cc(-c3ccc(CC(=O)Nc4ccc5c(c4)CNCC5)cc3)ccn2n1.